The van der Waals surface area contributed by atoms with Crippen molar-refractivity contribution in [2.45, 2.75) is 6.92 Å². The monoisotopic (exact) mass is 224 g/mol. The van der Waals surface area contributed by atoms with Crippen LogP contribution in [0.1, 0.15) is 11.8 Å². The standard InChI is InChI=1S/C10H12N2O2S/c1-2-14-10(13)12-11-7-3-5-9-6-4-8-15-9/h3-8H,2H2,1H3,(H,12,13)/b5-3+,11-7+. The Hall–Kier alpha value is -1.62. The SMILES string of the molecule is CCOC(=O)N/N=C/C=C/c1cccs1. The minimum atomic E-state index is -0.543. The second-order valence-corrected chi connectivity index (χ2v) is 3.46. The molecule has 0 radical (unpaired) electrons. The van der Waals surface area contributed by atoms with Gasteiger partial charge in [-0.25, -0.2) is 10.2 Å². The van der Waals surface area contributed by atoms with Gasteiger partial charge in [0.25, 0.3) is 0 Å². The zero-order chi connectivity index (χ0) is 10.9. The fourth-order valence-electron chi connectivity index (χ4n) is 0.820. The molecular weight excluding hydrogens is 212 g/mol. The van der Waals surface area contributed by atoms with Crippen LogP contribution in [-0.4, -0.2) is 18.9 Å². The van der Waals surface area contributed by atoms with Crippen molar-refractivity contribution in [3.05, 3.63) is 28.5 Å². The normalized spacial score (nSPS) is 11.0. The van der Waals surface area contributed by atoms with E-state index in [0.717, 1.165) is 4.88 Å². The van der Waals surface area contributed by atoms with E-state index in [-0.39, 0.29) is 0 Å². The number of ether oxygens (including phenoxy) is 1. The molecule has 0 unspecified atom stereocenters. The van der Waals surface area contributed by atoms with Crippen LogP contribution in [0.2, 0.25) is 0 Å². The van der Waals surface area contributed by atoms with Gasteiger partial charge in [0.05, 0.1) is 6.61 Å². The molecule has 1 N–H and O–H groups in total. The van der Waals surface area contributed by atoms with Crippen molar-refractivity contribution >= 4 is 29.7 Å². The average Bonchev–Trinajstić information content (AvgIpc) is 2.70. The van der Waals surface area contributed by atoms with Crippen LogP contribution in [-0.2, 0) is 4.74 Å². The third-order valence-corrected chi connectivity index (χ3v) is 2.23. The fraction of sp³-hybridized carbons (Fsp3) is 0.200. The number of amides is 1. The summed E-state index contributed by atoms with van der Waals surface area (Å²) in [6.07, 6.45) is 4.61. The molecule has 1 aromatic rings. The summed E-state index contributed by atoms with van der Waals surface area (Å²) in [5, 5.41) is 5.65. The number of thiophene rings is 1. The van der Waals surface area contributed by atoms with Gasteiger partial charge in [0.15, 0.2) is 0 Å². The lowest BCUT2D eigenvalue weighted by Crippen LogP contribution is -2.18. The smallest absolute Gasteiger partial charge is 0.427 e. The summed E-state index contributed by atoms with van der Waals surface area (Å²) in [6.45, 7) is 2.08. The molecule has 1 amide bonds. The maximum atomic E-state index is 10.8. The minimum Gasteiger partial charge on any atom is -0.449 e. The number of rotatable bonds is 4. The number of nitrogens with zero attached hydrogens (tertiary/aromatic N) is 1. The van der Waals surface area contributed by atoms with Gasteiger partial charge in [-0.2, -0.15) is 5.10 Å². The predicted molar refractivity (Wildman–Crippen MR) is 62.0 cm³/mol. The largest absolute Gasteiger partial charge is 0.449 e. The van der Waals surface area contributed by atoms with Crippen LogP contribution in [0.15, 0.2) is 28.7 Å². The Kier molecular flexibility index (Phi) is 5.18. The lowest BCUT2D eigenvalue weighted by atomic mass is 10.4. The van der Waals surface area contributed by atoms with E-state index in [0.29, 0.717) is 6.61 Å². The van der Waals surface area contributed by atoms with Gasteiger partial charge in [-0.1, -0.05) is 6.07 Å². The number of carbonyl (C=O) groups excluding carboxylic acids is 1. The second-order valence-electron chi connectivity index (χ2n) is 2.48. The van der Waals surface area contributed by atoms with Gasteiger partial charge in [-0.3, -0.25) is 0 Å². The Morgan fingerprint density at radius 1 is 1.73 bits per heavy atom. The van der Waals surface area contributed by atoms with E-state index < -0.39 is 6.09 Å². The first-order valence-electron chi connectivity index (χ1n) is 4.49. The molecule has 80 valence electrons. The minimum absolute atomic E-state index is 0.340. The summed E-state index contributed by atoms with van der Waals surface area (Å²) in [5.74, 6) is 0. The summed E-state index contributed by atoms with van der Waals surface area (Å²) < 4.78 is 4.61. The maximum absolute atomic E-state index is 10.8. The van der Waals surface area contributed by atoms with Crippen molar-refractivity contribution < 1.29 is 9.53 Å². The van der Waals surface area contributed by atoms with Gasteiger partial charge in [0.2, 0.25) is 0 Å². The van der Waals surface area contributed by atoms with Crippen molar-refractivity contribution in [1.82, 2.24) is 5.43 Å². The number of nitrogens with one attached hydrogen (secondary N) is 1. The van der Waals surface area contributed by atoms with Crippen LogP contribution in [0.5, 0.6) is 0 Å². The molecule has 15 heavy (non-hydrogen) atoms. The van der Waals surface area contributed by atoms with E-state index in [9.17, 15) is 4.79 Å². The summed E-state index contributed by atoms with van der Waals surface area (Å²) in [4.78, 5) is 11.9. The third kappa shape index (κ3) is 4.97. The van der Waals surface area contributed by atoms with Crippen LogP contribution in [0, 0.1) is 0 Å². The van der Waals surface area contributed by atoms with E-state index in [4.69, 9.17) is 0 Å². The lowest BCUT2D eigenvalue weighted by molar-refractivity contribution is 0.152. The molecule has 1 heterocycles. The summed E-state index contributed by atoms with van der Waals surface area (Å²) in [7, 11) is 0. The highest BCUT2D eigenvalue weighted by Gasteiger charge is 1.93. The van der Waals surface area contributed by atoms with Crippen LogP contribution in [0.25, 0.3) is 6.08 Å². The predicted octanol–water partition coefficient (Wildman–Crippen LogP) is 2.49. The fourth-order valence-corrected chi connectivity index (χ4v) is 1.45. The maximum Gasteiger partial charge on any atom is 0.427 e. The molecular formula is C10H12N2O2S. The topological polar surface area (TPSA) is 50.7 Å². The number of hydrogen-bond donors (Lipinski definition) is 1. The van der Waals surface area contributed by atoms with Gasteiger partial charge in [-0.05, 0) is 30.5 Å². The van der Waals surface area contributed by atoms with E-state index in [1.165, 1.54) is 6.21 Å². The zero-order valence-electron chi connectivity index (χ0n) is 8.34. The first-order valence-corrected chi connectivity index (χ1v) is 5.37. The van der Waals surface area contributed by atoms with E-state index in [2.05, 4.69) is 15.3 Å². The average molecular weight is 224 g/mol. The van der Waals surface area contributed by atoms with Gasteiger partial charge in [-0.15, -0.1) is 11.3 Å². The summed E-state index contributed by atoms with van der Waals surface area (Å²) >= 11 is 1.63. The molecule has 0 aromatic carbocycles. The zero-order valence-corrected chi connectivity index (χ0v) is 9.16. The number of carbonyl (C=O) groups is 1. The van der Waals surface area contributed by atoms with Crippen LogP contribution >= 0.6 is 11.3 Å². The molecule has 0 bridgehead atoms. The van der Waals surface area contributed by atoms with Gasteiger partial charge in [0.1, 0.15) is 0 Å². The molecule has 0 aliphatic rings. The molecule has 0 aliphatic heterocycles. The van der Waals surface area contributed by atoms with Crippen molar-refractivity contribution in [2.75, 3.05) is 6.61 Å². The Bertz CT molecular complexity index is 344. The highest BCUT2D eigenvalue weighted by Crippen LogP contribution is 2.09. The van der Waals surface area contributed by atoms with E-state index in [1.807, 2.05) is 23.6 Å². The van der Waals surface area contributed by atoms with Crippen LogP contribution in [0.4, 0.5) is 4.79 Å². The summed E-state index contributed by atoms with van der Waals surface area (Å²) in [6, 6.07) is 3.96. The molecule has 0 aliphatic carbocycles. The molecule has 1 rings (SSSR count). The van der Waals surface area contributed by atoms with Crippen molar-refractivity contribution in [1.29, 1.82) is 0 Å². The first-order chi connectivity index (χ1) is 7.33. The van der Waals surface area contributed by atoms with Crippen LogP contribution in [0.3, 0.4) is 0 Å². The number of hydrogen-bond acceptors (Lipinski definition) is 4. The second kappa shape index (κ2) is 6.78. The quantitative estimate of drug-likeness (QED) is 0.631. The van der Waals surface area contributed by atoms with Gasteiger partial charge in [0, 0.05) is 11.1 Å². The van der Waals surface area contributed by atoms with Gasteiger partial charge < -0.3 is 4.74 Å². The Balaban J connectivity index is 2.25. The van der Waals surface area contributed by atoms with Crippen LogP contribution < -0.4 is 5.43 Å². The Morgan fingerprint density at radius 2 is 2.60 bits per heavy atom. The Morgan fingerprint density at radius 3 is 3.27 bits per heavy atom. The van der Waals surface area contributed by atoms with E-state index >= 15 is 0 Å². The highest BCUT2D eigenvalue weighted by molar-refractivity contribution is 7.10. The van der Waals surface area contributed by atoms with Crippen molar-refractivity contribution in [3.8, 4) is 0 Å². The molecule has 0 spiro atoms. The molecule has 5 heteroatoms. The van der Waals surface area contributed by atoms with Gasteiger partial charge >= 0.3 is 6.09 Å². The molecule has 0 saturated carbocycles. The Labute approximate surface area is 92.3 Å². The molecule has 4 nitrogen and oxygen atoms in total. The van der Waals surface area contributed by atoms with E-state index in [1.54, 1.807) is 24.3 Å². The van der Waals surface area contributed by atoms with Crippen molar-refractivity contribution in [2.24, 2.45) is 5.10 Å². The summed E-state index contributed by atoms with van der Waals surface area (Å²) in [5.41, 5.74) is 2.22. The molecule has 1 aromatic heterocycles. The highest BCUT2D eigenvalue weighted by atomic mass is 32.1. The molecule has 0 atom stereocenters. The van der Waals surface area contributed by atoms with Crippen molar-refractivity contribution in [3.63, 3.8) is 0 Å². The number of hydrazone groups is 1. The molecule has 0 saturated heterocycles. The molecule has 0 fully saturated rings. The number of allylic oxidation sites excluding steroid dienone is 1. The first kappa shape index (κ1) is 11.5. The third-order valence-electron chi connectivity index (χ3n) is 1.40. The lowest BCUT2D eigenvalue weighted by Gasteiger charge is -1.97.